The molecule has 0 aromatic heterocycles. The average molecular weight is 365 g/mol. The van der Waals surface area contributed by atoms with Crippen LogP contribution in [0.15, 0.2) is 59.5 Å². The molecule has 4 nitrogen and oxygen atoms in total. The molecule has 1 aliphatic rings. The summed E-state index contributed by atoms with van der Waals surface area (Å²) in [5, 5.41) is 0.728. The minimum atomic E-state index is -3.43. The summed E-state index contributed by atoms with van der Waals surface area (Å²) in [5.41, 5.74) is 1.15. The van der Waals surface area contributed by atoms with Crippen molar-refractivity contribution < 1.29 is 8.42 Å². The van der Waals surface area contributed by atoms with Gasteiger partial charge in [-0.25, -0.2) is 8.42 Å². The van der Waals surface area contributed by atoms with Crippen molar-refractivity contribution in [2.45, 2.75) is 24.4 Å². The van der Waals surface area contributed by atoms with E-state index in [2.05, 4.69) is 4.90 Å². The molecule has 2 aromatic rings. The highest BCUT2D eigenvalue weighted by atomic mass is 35.5. The number of nitrogens with zero attached hydrogens (tertiary/aromatic N) is 2. The number of piperazine rings is 1. The molecular weight excluding hydrogens is 344 g/mol. The average Bonchev–Trinajstić information content (AvgIpc) is 2.55. The van der Waals surface area contributed by atoms with E-state index in [1.165, 1.54) is 0 Å². The molecule has 2 aromatic carbocycles. The quantitative estimate of drug-likeness (QED) is 0.836. The summed E-state index contributed by atoms with van der Waals surface area (Å²) in [4.78, 5) is 2.63. The summed E-state index contributed by atoms with van der Waals surface area (Å²) in [5.74, 6) is 0. The fourth-order valence-electron chi connectivity index (χ4n) is 3.14. The van der Waals surface area contributed by atoms with Crippen molar-refractivity contribution in [2.75, 3.05) is 19.6 Å². The highest BCUT2D eigenvalue weighted by Crippen LogP contribution is 2.22. The third-order valence-electron chi connectivity index (χ3n) is 4.30. The lowest BCUT2D eigenvalue weighted by atomic mass is 10.1. The van der Waals surface area contributed by atoms with Crippen molar-refractivity contribution in [3.05, 3.63) is 65.2 Å². The van der Waals surface area contributed by atoms with Crippen molar-refractivity contribution in [1.82, 2.24) is 9.21 Å². The van der Waals surface area contributed by atoms with Crippen LogP contribution in [0, 0.1) is 0 Å². The van der Waals surface area contributed by atoms with Crippen molar-refractivity contribution in [2.24, 2.45) is 0 Å². The fourth-order valence-corrected chi connectivity index (χ4v) is 4.99. The van der Waals surface area contributed by atoms with Crippen LogP contribution in [0.3, 0.4) is 0 Å². The molecule has 0 N–H and O–H groups in total. The lowest BCUT2D eigenvalue weighted by molar-refractivity contribution is 0.138. The lowest BCUT2D eigenvalue weighted by Gasteiger charge is -2.39. The predicted octanol–water partition coefficient (Wildman–Crippen LogP) is 3.24. The summed E-state index contributed by atoms with van der Waals surface area (Å²) in [6.45, 7) is 4.66. The Morgan fingerprint density at radius 2 is 1.83 bits per heavy atom. The van der Waals surface area contributed by atoms with E-state index in [0.717, 1.165) is 17.1 Å². The van der Waals surface area contributed by atoms with Crippen molar-refractivity contribution in [3.63, 3.8) is 0 Å². The molecule has 128 valence electrons. The molecule has 0 saturated carbocycles. The molecule has 24 heavy (non-hydrogen) atoms. The Bertz CT molecular complexity index is 796. The summed E-state index contributed by atoms with van der Waals surface area (Å²) in [6.07, 6.45) is 0. The Labute approximate surface area is 148 Å². The van der Waals surface area contributed by atoms with Gasteiger partial charge in [0.2, 0.25) is 10.0 Å². The molecule has 0 spiro atoms. The van der Waals surface area contributed by atoms with Gasteiger partial charge in [0.1, 0.15) is 0 Å². The molecule has 0 amide bonds. The van der Waals surface area contributed by atoms with Crippen LogP contribution in [0.4, 0.5) is 0 Å². The Morgan fingerprint density at radius 1 is 1.08 bits per heavy atom. The second kappa shape index (κ2) is 7.23. The van der Waals surface area contributed by atoms with E-state index < -0.39 is 10.0 Å². The van der Waals surface area contributed by atoms with Gasteiger partial charge in [0.25, 0.3) is 0 Å². The fraction of sp³-hybridized carbons (Fsp3) is 0.333. The largest absolute Gasteiger partial charge is 0.296 e. The molecule has 0 radical (unpaired) electrons. The highest BCUT2D eigenvalue weighted by Gasteiger charge is 2.33. The Kier molecular flexibility index (Phi) is 5.25. The molecule has 1 heterocycles. The van der Waals surface area contributed by atoms with Gasteiger partial charge in [0.05, 0.1) is 4.90 Å². The van der Waals surface area contributed by atoms with Crippen LogP contribution in [-0.2, 0) is 16.6 Å². The first-order valence-corrected chi connectivity index (χ1v) is 9.82. The summed E-state index contributed by atoms with van der Waals surface area (Å²) >= 11 is 6.04. The number of sulfonamides is 1. The predicted molar refractivity (Wildman–Crippen MR) is 96.5 cm³/mol. The summed E-state index contributed by atoms with van der Waals surface area (Å²) in [7, 11) is -3.43. The molecule has 1 aliphatic heterocycles. The van der Waals surface area contributed by atoms with E-state index in [-0.39, 0.29) is 6.04 Å². The minimum Gasteiger partial charge on any atom is -0.296 e. The van der Waals surface area contributed by atoms with Crippen LogP contribution >= 0.6 is 11.6 Å². The van der Waals surface area contributed by atoms with Gasteiger partial charge >= 0.3 is 0 Å². The number of hydrogen-bond acceptors (Lipinski definition) is 3. The lowest BCUT2D eigenvalue weighted by Crippen LogP contribution is -2.53. The first kappa shape index (κ1) is 17.4. The van der Waals surface area contributed by atoms with Gasteiger partial charge in [-0.15, -0.1) is 0 Å². The number of halogens is 1. The topological polar surface area (TPSA) is 40.6 Å². The van der Waals surface area contributed by atoms with Crippen LogP contribution in [0.5, 0.6) is 0 Å². The van der Waals surface area contributed by atoms with E-state index in [1.807, 2.05) is 37.3 Å². The van der Waals surface area contributed by atoms with Crippen molar-refractivity contribution >= 4 is 21.6 Å². The van der Waals surface area contributed by atoms with Crippen molar-refractivity contribution in [3.8, 4) is 0 Å². The zero-order chi connectivity index (χ0) is 17.2. The molecule has 1 fully saturated rings. The van der Waals surface area contributed by atoms with Crippen LogP contribution in [0.2, 0.25) is 5.02 Å². The molecule has 6 heteroatoms. The van der Waals surface area contributed by atoms with E-state index in [0.29, 0.717) is 24.5 Å². The Morgan fingerprint density at radius 3 is 2.50 bits per heavy atom. The van der Waals surface area contributed by atoms with Crippen LogP contribution < -0.4 is 0 Å². The van der Waals surface area contributed by atoms with Gasteiger partial charge in [0.15, 0.2) is 0 Å². The zero-order valence-corrected chi connectivity index (χ0v) is 15.2. The summed E-state index contributed by atoms with van der Waals surface area (Å²) < 4.78 is 27.2. The normalized spacial score (nSPS) is 20.2. The smallest absolute Gasteiger partial charge is 0.243 e. The molecule has 0 aliphatic carbocycles. The van der Waals surface area contributed by atoms with E-state index >= 15 is 0 Å². The molecular formula is C18H21ClN2O2S. The second-order valence-electron chi connectivity index (χ2n) is 6.14. The van der Waals surface area contributed by atoms with Crippen LogP contribution in [0.25, 0.3) is 0 Å². The van der Waals surface area contributed by atoms with Crippen molar-refractivity contribution in [1.29, 1.82) is 0 Å². The number of benzene rings is 2. The number of hydrogen-bond donors (Lipinski definition) is 0. The first-order chi connectivity index (χ1) is 11.5. The van der Waals surface area contributed by atoms with Gasteiger partial charge in [-0.05, 0) is 36.8 Å². The van der Waals surface area contributed by atoms with Crippen LogP contribution in [0.1, 0.15) is 12.5 Å². The van der Waals surface area contributed by atoms with E-state index in [4.69, 9.17) is 11.6 Å². The number of rotatable bonds is 4. The van der Waals surface area contributed by atoms with E-state index in [1.54, 1.807) is 28.6 Å². The minimum absolute atomic E-state index is 0.0665. The Balaban J connectivity index is 1.69. The first-order valence-electron chi connectivity index (χ1n) is 8.00. The highest BCUT2D eigenvalue weighted by molar-refractivity contribution is 7.89. The van der Waals surface area contributed by atoms with E-state index in [9.17, 15) is 8.42 Å². The summed E-state index contributed by atoms with van der Waals surface area (Å²) in [6, 6.07) is 16.4. The maximum atomic E-state index is 12.8. The standard InChI is InChI=1S/C18H21ClN2O2S/c1-15-13-20(14-16-6-5-7-17(19)12-16)10-11-21(15)24(22,23)18-8-3-2-4-9-18/h2-9,12,15H,10-11,13-14H2,1H3/t15-/m0/s1. The van der Waals surface area contributed by atoms with Gasteiger partial charge in [-0.3, -0.25) is 4.90 Å². The maximum Gasteiger partial charge on any atom is 0.243 e. The second-order valence-corrected chi connectivity index (χ2v) is 8.47. The van der Waals surface area contributed by atoms with Gasteiger partial charge in [-0.1, -0.05) is 41.9 Å². The molecule has 0 unspecified atom stereocenters. The van der Waals surface area contributed by atoms with Gasteiger partial charge in [0, 0.05) is 37.2 Å². The Hall–Kier alpha value is -1.40. The molecule has 1 saturated heterocycles. The maximum absolute atomic E-state index is 12.8. The van der Waals surface area contributed by atoms with Gasteiger partial charge in [-0.2, -0.15) is 4.31 Å². The molecule has 1 atom stereocenters. The van der Waals surface area contributed by atoms with Crippen LogP contribution in [-0.4, -0.2) is 43.3 Å². The monoisotopic (exact) mass is 364 g/mol. The SMILES string of the molecule is C[C@H]1CN(Cc2cccc(Cl)c2)CCN1S(=O)(=O)c1ccccc1. The zero-order valence-electron chi connectivity index (χ0n) is 13.6. The third-order valence-corrected chi connectivity index (χ3v) is 6.56. The third kappa shape index (κ3) is 3.81. The molecule has 0 bridgehead atoms. The molecule has 3 rings (SSSR count). The van der Waals surface area contributed by atoms with Gasteiger partial charge < -0.3 is 0 Å².